The normalized spacial score (nSPS) is 24.4. The van der Waals surface area contributed by atoms with Gasteiger partial charge in [0.05, 0.1) is 11.9 Å². The van der Waals surface area contributed by atoms with Crippen molar-refractivity contribution in [2.45, 2.75) is 17.5 Å². The molecule has 0 unspecified atom stereocenters. The number of amides is 1. The second-order valence-corrected chi connectivity index (χ2v) is 5.37. The number of hydrogen-bond acceptors (Lipinski definition) is 3. The van der Waals surface area contributed by atoms with Crippen molar-refractivity contribution in [3.8, 4) is 0 Å². The van der Waals surface area contributed by atoms with Crippen LogP contribution in [0.25, 0.3) is 0 Å². The van der Waals surface area contributed by atoms with Crippen LogP contribution in [0.2, 0.25) is 0 Å². The van der Waals surface area contributed by atoms with Crippen molar-refractivity contribution in [1.82, 2.24) is 4.90 Å². The summed E-state index contributed by atoms with van der Waals surface area (Å²) >= 11 is 1.48. The summed E-state index contributed by atoms with van der Waals surface area (Å²) in [6, 6.07) is 6.25. The molecule has 1 aromatic rings. The van der Waals surface area contributed by atoms with Gasteiger partial charge in [-0.25, -0.2) is 4.39 Å². The molecule has 2 atom stereocenters. The van der Waals surface area contributed by atoms with Crippen molar-refractivity contribution in [1.29, 1.82) is 0 Å². The van der Waals surface area contributed by atoms with Gasteiger partial charge >= 0.3 is 0 Å². The van der Waals surface area contributed by atoms with Crippen LogP contribution in [0.15, 0.2) is 24.3 Å². The van der Waals surface area contributed by atoms with Crippen molar-refractivity contribution < 1.29 is 14.3 Å². The lowest BCUT2D eigenvalue weighted by Crippen LogP contribution is -2.32. The molecule has 0 bridgehead atoms. The molecule has 0 saturated carbocycles. The quantitative estimate of drug-likeness (QED) is 0.895. The zero-order valence-corrected chi connectivity index (χ0v) is 10.3. The topological polar surface area (TPSA) is 40.5 Å². The molecule has 1 amide bonds. The van der Waals surface area contributed by atoms with Crippen LogP contribution in [0.5, 0.6) is 0 Å². The monoisotopic (exact) mass is 255 g/mol. The number of carbonyl (C=O) groups is 1. The molecule has 1 N–H and O–H groups in total. The van der Waals surface area contributed by atoms with Crippen molar-refractivity contribution in [3.63, 3.8) is 0 Å². The molecule has 1 aliphatic heterocycles. The minimum Gasteiger partial charge on any atom is -0.395 e. The molecule has 2 rings (SSSR count). The van der Waals surface area contributed by atoms with Crippen LogP contribution in [-0.4, -0.2) is 34.3 Å². The molecular formula is C12H14FNO2S. The van der Waals surface area contributed by atoms with Gasteiger partial charge < -0.3 is 10.0 Å². The lowest BCUT2D eigenvalue weighted by molar-refractivity contribution is -0.130. The minimum absolute atomic E-state index is 0.00156. The van der Waals surface area contributed by atoms with Crippen LogP contribution in [0, 0.1) is 5.82 Å². The summed E-state index contributed by atoms with van der Waals surface area (Å²) in [5.74, 6) is -0.308. The molecule has 0 radical (unpaired) electrons. The number of carbonyl (C=O) groups excluding carboxylic acids is 1. The van der Waals surface area contributed by atoms with E-state index in [4.69, 9.17) is 5.11 Å². The molecule has 1 aliphatic rings. The van der Waals surface area contributed by atoms with Crippen molar-refractivity contribution >= 4 is 17.7 Å². The molecule has 1 fully saturated rings. The molecule has 3 nitrogen and oxygen atoms in total. The highest BCUT2D eigenvalue weighted by Crippen LogP contribution is 2.42. The Morgan fingerprint density at radius 1 is 1.53 bits per heavy atom. The number of hydrogen-bond donors (Lipinski definition) is 1. The van der Waals surface area contributed by atoms with Gasteiger partial charge in [-0.3, -0.25) is 4.79 Å². The van der Waals surface area contributed by atoms with Gasteiger partial charge in [-0.1, -0.05) is 12.1 Å². The molecule has 5 heteroatoms. The summed E-state index contributed by atoms with van der Waals surface area (Å²) in [7, 11) is 0. The Bertz CT molecular complexity index is 427. The largest absolute Gasteiger partial charge is 0.395 e. The number of rotatable bonds is 3. The number of β-amino-alcohol motifs (C(OH)–C–C–N with tert-alkyl or cyclic N) is 1. The number of thioether (sulfide) groups is 1. The van der Waals surface area contributed by atoms with E-state index in [1.54, 1.807) is 17.0 Å². The molecule has 1 saturated heterocycles. The zero-order chi connectivity index (χ0) is 12.4. The molecule has 0 aliphatic carbocycles. The second-order valence-electron chi connectivity index (χ2n) is 3.94. The van der Waals surface area contributed by atoms with Gasteiger partial charge in [0.2, 0.25) is 5.91 Å². The highest BCUT2D eigenvalue weighted by atomic mass is 32.2. The van der Waals surface area contributed by atoms with Crippen molar-refractivity contribution in [2.24, 2.45) is 0 Å². The van der Waals surface area contributed by atoms with Crippen molar-refractivity contribution in [3.05, 3.63) is 35.6 Å². The van der Waals surface area contributed by atoms with E-state index in [1.807, 2.05) is 6.92 Å². The van der Waals surface area contributed by atoms with Gasteiger partial charge in [0.1, 0.15) is 11.2 Å². The fourth-order valence-corrected chi connectivity index (χ4v) is 3.23. The summed E-state index contributed by atoms with van der Waals surface area (Å²) in [5, 5.41) is 8.63. The summed E-state index contributed by atoms with van der Waals surface area (Å²) in [5.41, 5.74) is 0.765. The first-order valence-electron chi connectivity index (χ1n) is 5.45. The Hall–Kier alpha value is -1.07. The summed E-state index contributed by atoms with van der Waals surface area (Å²) in [6.45, 7) is 2.04. The number of halogens is 1. The zero-order valence-electron chi connectivity index (χ0n) is 9.47. The molecule has 0 spiro atoms. The van der Waals surface area contributed by atoms with Gasteiger partial charge in [-0.15, -0.1) is 11.8 Å². The third-order valence-corrected chi connectivity index (χ3v) is 4.12. The molecule has 92 valence electrons. The van der Waals surface area contributed by atoms with E-state index in [1.165, 1.54) is 23.9 Å². The van der Waals surface area contributed by atoms with Crippen LogP contribution >= 0.6 is 11.8 Å². The first-order chi connectivity index (χ1) is 8.13. The molecule has 0 aromatic heterocycles. The van der Waals surface area contributed by atoms with Gasteiger partial charge in [0, 0.05) is 6.54 Å². The van der Waals surface area contributed by atoms with Crippen LogP contribution in [0.1, 0.15) is 17.9 Å². The fraction of sp³-hybridized carbons (Fsp3) is 0.417. The summed E-state index contributed by atoms with van der Waals surface area (Å²) < 4.78 is 13.2. The maximum atomic E-state index is 13.2. The smallest absolute Gasteiger partial charge is 0.236 e. The number of aliphatic hydroxyl groups is 1. The summed E-state index contributed by atoms with van der Waals surface area (Å²) in [6.07, 6.45) is 0. The highest BCUT2D eigenvalue weighted by molar-refractivity contribution is 8.01. The molecule has 17 heavy (non-hydrogen) atoms. The van der Waals surface area contributed by atoms with E-state index < -0.39 is 0 Å². The SMILES string of the molecule is C[C@@H]1S[C@H](c2cccc(F)c2)N(CCO)C1=O. The Morgan fingerprint density at radius 2 is 2.29 bits per heavy atom. The third kappa shape index (κ3) is 2.45. The Labute approximate surface area is 104 Å². The van der Waals surface area contributed by atoms with Gasteiger partial charge in [0.15, 0.2) is 0 Å². The van der Waals surface area contributed by atoms with E-state index in [2.05, 4.69) is 0 Å². The second kappa shape index (κ2) is 5.06. The van der Waals surface area contributed by atoms with Gasteiger partial charge in [0.25, 0.3) is 0 Å². The third-order valence-electron chi connectivity index (χ3n) is 2.72. The number of aliphatic hydroxyl groups excluding tert-OH is 1. The molecule has 1 aromatic carbocycles. The van der Waals surface area contributed by atoms with Gasteiger partial charge in [-0.05, 0) is 24.6 Å². The first kappa shape index (κ1) is 12.4. The number of benzene rings is 1. The van der Waals surface area contributed by atoms with E-state index in [9.17, 15) is 9.18 Å². The lowest BCUT2D eigenvalue weighted by atomic mass is 10.2. The van der Waals surface area contributed by atoms with Crippen LogP contribution < -0.4 is 0 Å². The van der Waals surface area contributed by atoms with E-state index >= 15 is 0 Å². The average Bonchev–Trinajstić information content (AvgIpc) is 2.58. The lowest BCUT2D eigenvalue weighted by Gasteiger charge is -2.23. The van der Waals surface area contributed by atoms with Crippen molar-refractivity contribution in [2.75, 3.05) is 13.2 Å². The minimum atomic E-state index is -0.306. The van der Waals surface area contributed by atoms with Crippen LogP contribution in [0.4, 0.5) is 4.39 Å². The highest BCUT2D eigenvalue weighted by Gasteiger charge is 2.37. The first-order valence-corrected chi connectivity index (χ1v) is 6.40. The maximum Gasteiger partial charge on any atom is 0.236 e. The van der Waals surface area contributed by atoms with Crippen LogP contribution in [0.3, 0.4) is 0 Å². The van der Waals surface area contributed by atoms with E-state index in [0.29, 0.717) is 0 Å². The predicted molar refractivity (Wildman–Crippen MR) is 65.0 cm³/mol. The Balaban J connectivity index is 2.27. The maximum absolute atomic E-state index is 13.2. The standard InChI is InChI=1S/C12H14FNO2S/c1-8-11(16)14(5-6-15)12(17-8)9-3-2-4-10(13)7-9/h2-4,7-8,12,15H,5-6H2,1H3/t8-,12+/m0/s1. The Morgan fingerprint density at radius 3 is 2.94 bits per heavy atom. The van der Waals surface area contributed by atoms with E-state index in [-0.39, 0.29) is 35.5 Å². The Kier molecular flexibility index (Phi) is 3.69. The summed E-state index contributed by atoms with van der Waals surface area (Å²) in [4.78, 5) is 13.5. The predicted octanol–water partition coefficient (Wildman–Crippen LogP) is 1.78. The van der Waals surface area contributed by atoms with Crippen LogP contribution in [-0.2, 0) is 4.79 Å². The van der Waals surface area contributed by atoms with Gasteiger partial charge in [-0.2, -0.15) is 0 Å². The molecule has 1 heterocycles. The average molecular weight is 255 g/mol. The molecular weight excluding hydrogens is 241 g/mol. The van der Waals surface area contributed by atoms with E-state index in [0.717, 1.165) is 5.56 Å². The number of nitrogens with zero attached hydrogens (tertiary/aromatic N) is 1. The fourth-order valence-electron chi connectivity index (χ4n) is 1.93.